The first-order chi connectivity index (χ1) is 8.66. The molecule has 0 aliphatic carbocycles. The molecule has 0 atom stereocenters. The lowest BCUT2D eigenvalue weighted by molar-refractivity contribution is 0.832. The van der Waals surface area contributed by atoms with Crippen molar-refractivity contribution in [3.05, 3.63) is 45.4 Å². The molecule has 3 rings (SSSR count). The van der Waals surface area contributed by atoms with Crippen LogP contribution in [0.4, 0.5) is 0 Å². The molecule has 0 fully saturated rings. The van der Waals surface area contributed by atoms with Crippen molar-refractivity contribution < 1.29 is 0 Å². The number of aromatic nitrogens is 5. The third-order valence-electron chi connectivity index (χ3n) is 2.71. The van der Waals surface area contributed by atoms with Crippen LogP contribution in [0.1, 0.15) is 0 Å². The quantitative estimate of drug-likeness (QED) is 0.629. The Kier molecular flexibility index (Phi) is 2.12. The number of aromatic amines is 2. The van der Waals surface area contributed by atoms with E-state index in [1.165, 1.54) is 4.57 Å². The lowest BCUT2D eigenvalue weighted by atomic mass is 10.3. The Balaban J connectivity index is 2.37. The number of nitrogens with one attached hydrogen (secondary N) is 2. The van der Waals surface area contributed by atoms with Crippen LogP contribution in [0, 0.1) is 0 Å². The minimum absolute atomic E-state index is 0.281. The molecule has 7 nitrogen and oxygen atoms in total. The summed E-state index contributed by atoms with van der Waals surface area (Å²) in [5, 5.41) is 0. The molecule has 3 aromatic rings. The molecule has 90 valence electrons. The van der Waals surface area contributed by atoms with Crippen molar-refractivity contribution in [2.24, 2.45) is 7.05 Å². The smallest absolute Gasteiger partial charge is 0.329 e. The first-order valence-corrected chi connectivity index (χ1v) is 5.26. The Morgan fingerprint density at radius 1 is 1.17 bits per heavy atom. The molecule has 0 amide bonds. The van der Waals surface area contributed by atoms with Crippen molar-refractivity contribution in [3.8, 4) is 11.4 Å². The number of H-pyrrole nitrogens is 2. The van der Waals surface area contributed by atoms with Crippen molar-refractivity contribution in [3.63, 3.8) is 0 Å². The summed E-state index contributed by atoms with van der Waals surface area (Å²) in [6, 6.07) is 3.54. The van der Waals surface area contributed by atoms with E-state index in [1.54, 1.807) is 31.6 Å². The fraction of sp³-hybridized carbons (Fsp3) is 0.0909. The second-order valence-electron chi connectivity index (χ2n) is 3.84. The molecule has 7 heteroatoms. The molecule has 3 heterocycles. The van der Waals surface area contributed by atoms with E-state index in [9.17, 15) is 9.59 Å². The number of nitrogens with zero attached hydrogens (tertiary/aromatic N) is 3. The molecule has 0 aromatic carbocycles. The maximum atomic E-state index is 11.6. The van der Waals surface area contributed by atoms with Gasteiger partial charge < -0.3 is 4.98 Å². The van der Waals surface area contributed by atoms with Crippen molar-refractivity contribution in [1.82, 2.24) is 24.5 Å². The molecular formula is C11H9N5O2. The summed E-state index contributed by atoms with van der Waals surface area (Å²) in [6.07, 6.45) is 3.26. The summed E-state index contributed by atoms with van der Waals surface area (Å²) in [5.74, 6) is 0.527. The van der Waals surface area contributed by atoms with E-state index in [0.29, 0.717) is 11.5 Å². The number of fused-ring (bicyclic) bond motifs is 1. The van der Waals surface area contributed by atoms with Gasteiger partial charge >= 0.3 is 5.69 Å². The van der Waals surface area contributed by atoms with E-state index in [2.05, 4.69) is 19.9 Å². The average molecular weight is 243 g/mol. The number of rotatable bonds is 1. The second-order valence-corrected chi connectivity index (χ2v) is 3.84. The van der Waals surface area contributed by atoms with E-state index in [1.807, 2.05) is 0 Å². The Morgan fingerprint density at radius 2 is 1.89 bits per heavy atom. The number of pyridine rings is 1. The largest absolute Gasteiger partial charge is 0.332 e. The Morgan fingerprint density at radius 3 is 2.61 bits per heavy atom. The first kappa shape index (κ1) is 10.5. The SMILES string of the molecule is Cn1c(=O)[nH]c(=O)c2[nH]c(-c3ccncc3)nc21. The molecule has 0 aliphatic heterocycles. The van der Waals surface area contributed by atoms with Gasteiger partial charge in [-0.2, -0.15) is 0 Å². The van der Waals surface area contributed by atoms with E-state index >= 15 is 0 Å². The number of hydrogen-bond acceptors (Lipinski definition) is 4. The van der Waals surface area contributed by atoms with Crippen molar-refractivity contribution in [2.45, 2.75) is 0 Å². The standard InChI is InChI=1S/C11H9N5O2/c1-16-9-7(10(17)15-11(16)18)13-8(14-9)6-2-4-12-5-3-6/h2-5H,1H3,(H,13,14)(H,15,17,18). The van der Waals surface area contributed by atoms with Crippen molar-refractivity contribution in [1.29, 1.82) is 0 Å². The summed E-state index contributed by atoms with van der Waals surface area (Å²) in [7, 11) is 1.55. The van der Waals surface area contributed by atoms with Gasteiger partial charge in [0.2, 0.25) is 0 Å². The molecule has 0 bridgehead atoms. The third-order valence-corrected chi connectivity index (χ3v) is 2.71. The van der Waals surface area contributed by atoms with E-state index in [-0.39, 0.29) is 5.52 Å². The van der Waals surface area contributed by atoms with Crippen LogP contribution in [0.2, 0.25) is 0 Å². The lowest BCUT2D eigenvalue weighted by Crippen LogP contribution is -2.28. The fourth-order valence-corrected chi connectivity index (χ4v) is 1.75. The summed E-state index contributed by atoms with van der Waals surface area (Å²) in [5.41, 5.74) is 0.453. The van der Waals surface area contributed by atoms with Crippen LogP contribution in [0.25, 0.3) is 22.6 Å². The normalized spacial score (nSPS) is 10.9. The average Bonchev–Trinajstić information content (AvgIpc) is 2.83. The molecule has 0 saturated heterocycles. The van der Waals surface area contributed by atoms with Gasteiger partial charge in [0.1, 0.15) is 11.3 Å². The molecule has 0 aliphatic rings. The topological polar surface area (TPSA) is 96.4 Å². The van der Waals surface area contributed by atoms with Crippen LogP contribution in [0.3, 0.4) is 0 Å². The van der Waals surface area contributed by atoms with Crippen LogP contribution in [0.15, 0.2) is 34.1 Å². The highest BCUT2D eigenvalue weighted by Crippen LogP contribution is 2.16. The van der Waals surface area contributed by atoms with Crippen molar-refractivity contribution >= 4 is 11.2 Å². The zero-order valence-electron chi connectivity index (χ0n) is 9.47. The lowest BCUT2D eigenvalue weighted by Gasteiger charge is -1.94. The first-order valence-electron chi connectivity index (χ1n) is 5.26. The van der Waals surface area contributed by atoms with Crippen LogP contribution < -0.4 is 11.2 Å². The molecule has 0 saturated carbocycles. The monoisotopic (exact) mass is 243 g/mol. The van der Waals surface area contributed by atoms with Crippen molar-refractivity contribution in [2.75, 3.05) is 0 Å². The Hall–Kier alpha value is -2.70. The predicted octanol–water partition coefficient (Wildman–Crippen LogP) is 0.0119. The van der Waals surface area contributed by atoms with Gasteiger partial charge in [-0.1, -0.05) is 0 Å². The molecule has 18 heavy (non-hydrogen) atoms. The van der Waals surface area contributed by atoms with E-state index in [0.717, 1.165) is 5.56 Å². The van der Waals surface area contributed by atoms with Gasteiger partial charge in [-0.25, -0.2) is 9.78 Å². The van der Waals surface area contributed by atoms with Crippen LogP contribution in [-0.4, -0.2) is 24.5 Å². The third kappa shape index (κ3) is 1.45. The fourth-order valence-electron chi connectivity index (χ4n) is 1.75. The molecule has 2 N–H and O–H groups in total. The van der Waals surface area contributed by atoms with Gasteiger partial charge in [0, 0.05) is 25.0 Å². The summed E-state index contributed by atoms with van der Waals surface area (Å²) in [4.78, 5) is 36.4. The highest BCUT2D eigenvalue weighted by Gasteiger charge is 2.11. The van der Waals surface area contributed by atoms with Gasteiger partial charge in [0.25, 0.3) is 5.56 Å². The predicted molar refractivity (Wildman–Crippen MR) is 65.2 cm³/mol. The summed E-state index contributed by atoms with van der Waals surface area (Å²) < 4.78 is 1.29. The van der Waals surface area contributed by atoms with E-state index in [4.69, 9.17) is 0 Å². The molecule has 0 spiro atoms. The van der Waals surface area contributed by atoms with Gasteiger partial charge in [-0.15, -0.1) is 0 Å². The minimum Gasteiger partial charge on any atom is -0.332 e. The maximum Gasteiger partial charge on any atom is 0.329 e. The number of aryl methyl sites for hydroxylation is 1. The summed E-state index contributed by atoms with van der Waals surface area (Å²) >= 11 is 0. The second kappa shape index (κ2) is 3.66. The minimum atomic E-state index is -0.486. The van der Waals surface area contributed by atoms with Gasteiger partial charge in [0.15, 0.2) is 5.65 Å². The highest BCUT2D eigenvalue weighted by molar-refractivity contribution is 5.75. The van der Waals surface area contributed by atoms with Gasteiger partial charge in [0.05, 0.1) is 0 Å². The molecular weight excluding hydrogens is 234 g/mol. The Bertz CT molecular complexity index is 828. The molecule has 3 aromatic heterocycles. The Labute approximate surface area is 100 Å². The number of imidazole rings is 1. The zero-order chi connectivity index (χ0) is 12.7. The van der Waals surface area contributed by atoms with Crippen LogP contribution in [0.5, 0.6) is 0 Å². The van der Waals surface area contributed by atoms with E-state index < -0.39 is 11.2 Å². The molecule has 0 unspecified atom stereocenters. The van der Waals surface area contributed by atoms with Crippen LogP contribution >= 0.6 is 0 Å². The van der Waals surface area contributed by atoms with Crippen LogP contribution in [-0.2, 0) is 7.05 Å². The zero-order valence-corrected chi connectivity index (χ0v) is 9.47. The highest BCUT2D eigenvalue weighted by atomic mass is 16.2. The van der Waals surface area contributed by atoms with Gasteiger partial charge in [-0.05, 0) is 12.1 Å². The van der Waals surface area contributed by atoms with Gasteiger partial charge in [-0.3, -0.25) is 19.3 Å². The maximum absolute atomic E-state index is 11.6. The molecule has 0 radical (unpaired) electrons. The number of hydrogen-bond donors (Lipinski definition) is 2. The summed E-state index contributed by atoms with van der Waals surface area (Å²) in [6.45, 7) is 0.